The van der Waals surface area contributed by atoms with E-state index in [1.165, 1.54) is 24.8 Å². The molecule has 2 rings (SSSR count). The third kappa shape index (κ3) is 5.21. The molecule has 0 radical (unpaired) electrons. The second-order valence-corrected chi connectivity index (χ2v) is 5.75. The zero-order valence-corrected chi connectivity index (χ0v) is 13.2. The van der Waals surface area contributed by atoms with Crippen molar-refractivity contribution in [2.45, 2.75) is 45.3 Å². The summed E-state index contributed by atoms with van der Waals surface area (Å²) in [4.78, 5) is 2.50. The van der Waals surface area contributed by atoms with Gasteiger partial charge in [0.15, 0.2) is 0 Å². The van der Waals surface area contributed by atoms with Crippen LogP contribution in [0.2, 0.25) is 0 Å². The van der Waals surface area contributed by atoms with E-state index in [1.807, 2.05) is 12.1 Å². The lowest BCUT2D eigenvalue weighted by Gasteiger charge is -2.35. The van der Waals surface area contributed by atoms with Crippen LogP contribution in [0, 0.1) is 0 Å². The number of hydrogen-bond acceptors (Lipinski definition) is 3. The van der Waals surface area contributed by atoms with E-state index >= 15 is 0 Å². The predicted octanol–water partition coefficient (Wildman–Crippen LogP) is 3.81. The maximum absolute atomic E-state index is 12.2. The summed E-state index contributed by atoms with van der Waals surface area (Å²) in [5.74, 6) is 0.228. The fraction of sp³-hybridized carbons (Fsp3) is 0.647. The third-order valence-electron chi connectivity index (χ3n) is 4.16. The van der Waals surface area contributed by atoms with Crippen molar-refractivity contribution in [3.8, 4) is 5.75 Å². The van der Waals surface area contributed by atoms with E-state index in [0.717, 1.165) is 32.6 Å². The Balaban J connectivity index is 2.05. The lowest BCUT2D eigenvalue weighted by Crippen LogP contribution is -2.45. The monoisotopic (exact) mass is 312 g/mol. The molecule has 0 saturated carbocycles. The van der Waals surface area contributed by atoms with Gasteiger partial charge in [0.1, 0.15) is 5.75 Å². The van der Waals surface area contributed by atoms with E-state index in [-0.39, 0.29) is 5.75 Å². The van der Waals surface area contributed by atoms with Crippen LogP contribution in [0.5, 0.6) is 5.75 Å². The second-order valence-electron chi connectivity index (χ2n) is 5.75. The molecular formula is C17H26F2N2O. The summed E-state index contributed by atoms with van der Waals surface area (Å²) in [5.41, 5.74) is 1.19. The molecule has 0 aliphatic carbocycles. The van der Waals surface area contributed by atoms with Crippen LogP contribution in [0.4, 0.5) is 8.78 Å². The Bertz CT molecular complexity index is 419. The lowest BCUT2D eigenvalue weighted by molar-refractivity contribution is -0.0498. The molecule has 1 heterocycles. The number of piperazine rings is 1. The summed E-state index contributed by atoms with van der Waals surface area (Å²) < 4.78 is 28.9. The first-order chi connectivity index (χ1) is 10.7. The summed E-state index contributed by atoms with van der Waals surface area (Å²) in [6, 6.07) is 7.52. The smallest absolute Gasteiger partial charge is 0.387 e. The molecule has 0 aromatic heterocycles. The third-order valence-corrected chi connectivity index (χ3v) is 4.16. The van der Waals surface area contributed by atoms with Crippen molar-refractivity contribution in [2.75, 3.05) is 26.2 Å². The first-order valence-electron chi connectivity index (χ1n) is 8.20. The van der Waals surface area contributed by atoms with Crippen LogP contribution in [-0.4, -0.2) is 37.7 Å². The number of nitrogens with zero attached hydrogens (tertiary/aromatic N) is 1. The summed E-state index contributed by atoms with van der Waals surface area (Å²) in [6.45, 7) is 3.53. The molecule has 0 bridgehead atoms. The van der Waals surface area contributed by atoms with Crippen LogP contribution in [-0.2, 0) is 0 Å². The Hall–Kier alpha value is -1.20. The molecule has 5 heteroatoms. The van der Waals surface area contributed by atoms with E-state index in [9.17, 15) is 8.78 Å². The van der Waals surface area contributed by atoms with Crippen molar-refractivity contribution in [1.29, 1.82) is 0 Å². The summed E-state index contributed by atoms with van der Waals surface area (Å²) in [7, 11) is 0. The number of ether oxygens (including phenoxy) is 1. The molecule has 1 aliphatic rings. The molecule has 0 amide bonds. The highest BCUT2D eigenvalue weighted by Crippen LogP contribution is 2.28. The van der Waals surface area contributed by atoms with Gasteiger partial charge in [-0.25, -0.2) is 0 Å². The molecule has 1 saturated heterocycles. The topological polar surface area (TPSA) is 24.5 Å². The minimum absolute atomic E-state index is 0.228. The van der Waals surface area contributed by atoms with Crippen molar-refractivity contribution in [1.82, 2.24) is 10.2 Å². The fourth-order valence-electron chi connectivity index (χ4n) is 3.01. The molecule has 1 aromatic rings. The van der Waals surface area contributed by atoms with Crippen LogP contribution in [0.15, 0.2) is 24.3 Å². The molecule has 1 aromatic carbocycles. The van der Waals surface area contributed by atoms with Gasteiger partial charge in [-0.15, -0.1) is 0 Å². The van der Waals surface area contributed by atoms with E-state index in [4.69, 9.17) is 0 Å². The minimum atomic E-state index is -2.76. The maximum Gasteiger partial charge on any atom is 0.387 e. The average molecular weight is 312 g/mol. The van der Waals surface area contributed by atoms with Gasteiger partial charge in [0, 0.05) is 32.2 Å². The molecule has 0 spiro atoms. The van der Waals surface area contributed by atoms with Crippen LogP contribution in [0.1, 0.15) is 44.2 Å². The number of halogens is 2. The van der Waals surface area contributed by atoms with Gasteiger partial charge in [-0.05, 0) is 24.1 Å². The van der Waals surface area contributed by atoms with Crippen LogP contribution in [0.25, 0.3) is 0 Å². The minimum Gasteiger partial charge on any atom is -0.435 e. The molecule has 1 N–H and O–H groups in total. The SMILES string of the molecule is CCCCC[C@H](c1ccc(OC(F)F)cc1)N1CCNCC1. The Kier molecular flexibility index (Phi) is 7.06. The van der Waals surface area contributed by atoms with Gasteiger partial charge in [-0.1, -0.05) is 38.3 Å². The second kappa shape index (κ2) is 9.06. The van der Waals surface area contributed by atoms with E-state index in [2.05, 4.69) is 21.9 Å². The standard InChI is InChI=1S/C17H26F2N2O/c1-2-3-4-5-16(21-12-10-20-11-13-21)14-6-8-15(9-7-14)22-17(18)19/h6-9,16-17,20H,2-5,10-13H2,1H3/t16-/m1/s1. The molecule has 1 fully saturated rings. The largest absolute Gasteiger partial charge is 0.435 e. The number of hydrogen-bond donors (Lipinski definition) is 1. The van der Waals surface area contributed by atoms with Crippen molar-refractivity contribution in [3.05, 3.63) is 29.8 Å². The molecule has 1 atom stereocenters. The summed E-state index contributed by atoms with van der Waals surface area (Å²) in [5, 5.41) is 3.37. The Labute approximate surface area is 131 Å². The van der Waals surface area contributed by atoms with Gasteiger partial charge < -0.3 is 10.1 Å². The lowest BCUT2D eigenvalue weighted by atomic mass is 9.98. The highest BCUT2D eigenvalue weighted by atomic mass is 19.3. The van der Waals surface area contributed by atoms with Gasteiger partial charge >= 0.3 is 6.61 Å². The Morgan fingerprint density at radius 1 is 1.14 bits per heavy atom. The molecule has 1 aliphatic heterocycles. The van der Waals surface area contributed by atoms with Gasteiger partial charge in [-0.2, -0.15) is 8.78 Å². The quantitative estimate of drug-likeness (QED) is 0.739. The van der Waals surface area contributed by atoms with Crippen LogP contribution < -0.4 is 10.1 Å². The fourth-order valence-corrected chi connectivity index (χ4v) is 3.01. The van der Waals surface area contributed by atoms with E-state index in [0.29, 0.717) is 6.04 Å². The first kappa shape index (κ1) is 17.2. The summed E-state index contributed by atoms with van der Waals surface area (Å²) in [6.07, 6.45) is 4.74. The Morgan fingerprint density at radius 3 is 2.41 bits per heavy atom. The van der Waals surface area contributed by atoms with Crippen molar-refractivity contribution >= 4 is 0 Å². The summed E-state index contributed by atoms with van der Waals surface area (Å²) >= 11 is 0. The zero-order valence-electron chi connectivity index (χ0n) is 13.2. The maximum atomic E-state index is 12.2. The zero-order chi connectivity index (χ0) is 15.8. The van der Waals surface area contributed by atoms with Crippen molar-refractivity contribution in [2.24, 2.45) is 0 Å². The van der Waals surface area contributed by atoms with Crippen LogP contribution >= 0.6 is 0 Å². The van der Waals surface area contributed by atoms with Gasteiger partial charge in [0.05, 0.1) is 0 Å². The highest BCUT2D eigenvalue weighted by molar-refractivity contribution is 5.29. The molecule has 22 heavy (non-hydrogen) atoms. The van der Waals surface area contributed by atoms with Gasteiger partial charge in [-0.3, -0.25) is 4.90 Å². The average Bonchev–Trinajstić information content (AvgIpc) is 2.53. The highest BCUT2D eigenvalue weighted by Gasteiger charge is 2.21. The number of unbranched alkanes of at least 4 members (excludes halogenated alkanes) is 2. The molecular weight excluding hydrogens is 286 g/mol. The predicted molar refractivity (Wildman–Crippen MR) is 84.4 cm³/mol. The number of alkyl halides is 2. The van der Waals surface area contributed by atoms with Crippen LogP contribution in [0.3, 0.4) is 0 Å². The van der Waals surface area contributed by atoms with E-state index in [1.54, 1.807) is 12.1 Å². The number of benzene rings is 1. The van der Waals surface area contributed by atoms with Gasteiger partial charge in [0.2, 0.25) is 0 Å². The molecule has 0 unspecified atom stereocenters. The number of rotatable bonds is 8. The van der Waals surface area contributed by atoms with E-state index < -0.39 is 6.61 Å². The normalized spacial score (nSPS) is 17.6. The Morgan fingerprint density at radius 2 is 1.82 bits per heavy atom. The molecule has 124 valence electrons. The van der Waals surface area contributed by atoms with Crippen molar-refractivity contribution in [3.63, 3.8) is 0 Å². The van der Waals surface area contributed by atoms with Crippen molar-refractivity contribution < 1.29 is 13.5 Å². The van der Waals surface area contributed by atoms with Gasteiger partial charge in [0.25, 0.3) is 0 Å². The number of nitrogens with one attached hydrogen (secondary N) is 1. The first-order valence-corrected chi connectivity index (χ1v) is 8.20. The molecule has 3 nitrogen and oxygen atoms in total.